The lowest BCUT2D eigenvalue weighted by molar-refractivity contribution is 0.00578. The number of hydrogen-bond donors (Lipinski definition) is 0. The summed E-state index contributed by atoms with van der Waals surface area (Å²) < 4.78 is 12.7. The van der Waals surface area contributed by atoms with Gasteiger partial charge in [0, 0.05) is 18.8 Å². The highest BCUT2D eigenvalue weighted by molar-refractivity contribution is 6.62. The van der Waals surface area contributed by atoms with Crippen molar-refractivity contribution in [2.24, 2.45) is 0 Å². The molecule has 0 spiro atoms. The van der Waals surface area contributed by atoms with Crippen molar-refractivity contribution in [1.29, 1.82) is 0 Å². The van der Waals surface area contributed by atoms with Crippen molar-refractivity contribution in [3.63, 3.8) is 0 Å². The topological polar surface area (TPSA) is 21.7 Å². The van der Waals surface area contributed by atoms with Crippen LogP contribution in [0.2, 0.25) is 0 Å². The van der Waals surface area contributed by atoms with Crippen LogP contribution in [0.15, 0.2) is 48.5 Å². The molecule has 2 heterocycles. The highest BCUT2D eigenvalue weighted by atomic mass is 16.7. The summed E-state index contributed by atoms with van der Waals surface area (Å²) in [6, 6.07) is 17.4. The second-order valence-electron chi connectivity index (χ2n) is 8.79. The average Bonchev–Trinajstić information content (AvgIpc) is 2.76. The van der Waals surface area contributed by atoms with Gasteiger partial charge in [-0.15, -0.1) is 0 Å². The van der Waals surface area contributed by atoms with Crippen LogP contribution < -0.4 is 10.4 Å². The van der Waals surface area contributed by atoms with Crippen molar-refractivity contribution in [2.45, 2.75) is 64.7 Å². The van der Waals surface area contributed by atoms with E-state index in [2.05, 4.69) is 81.1 Å². The Kier molecular flexibility index (Phi) is 4.81. The molecule has 0 aromatic heterocycles. The number of anilines is 1. The van der Waals surface area contributed by atoms with Crippen LogP contribution in [0.4, 0.5) is 5.69 Å². The van der Waals surface area contributed by atoms with Gasteiger partial charge in [-0.2, -0.15) is 0 Å². The molecular weight excluding hydrogens is 333 g/mol. The van der Waals surface area contributed by atoms with Crippen LogP contribution in [0.1, 0.15) is 51.7 Å². The molecule has 0 unspecified atom stereocenters. The number of fused-ring (bicyclic) bond motifs is 1. The number of nitrogens with zero attached hydrogens (tertiary/aromatic N) is 1. The van der Waals surface area contributed by atoms with Crippen molar-refractivity contribution < 1.29 is 9.31 Å². The lowest BCUT2D eigenvalue weighted by Gasteiger charge is -2.32. The van der Waals surface area contributed by atoms with Gasteiger partial charge in [-0.1, -0.05) is 42.5 Å². The maximum Gasteiger partial charge on any atom is 0.495 e. The molecule has 4 rings (SSSR count). The van der Waals surface area contributed by atoms with E-state index in [1.807, 2.05) is 0 Å². The monoisotopic (exact) mass is 363 g/mol. The van der Waals surface area contributed by atoms with E-state index in [1.54, 1.807) is 0 Å². The minimum atomic E-state index is -0.319. The lowest BCUT2D eigenvalue weighted by atomic mass is 9.76. The Hall–Kier alpha value is -1.78. The minimum absolute atomic E-state index is 0.312. The fourth-order valence-corrected chi connectivity index (χ4v) is 4.02. The molecule has 1 fully saturated rings. The third-order valence-corrected chi connectivity index (χ3v) is 6.38. The van der Waals surface area contributed by atoms with Crippen molar-refractivity contribution in [3.8, 4) is 0 Å². The van der Waals surface area contributed by atoms with Gasteiger partial charge in [-0.25, -0.2) is 0 Å². The maximum absolute atomic E-state index is 6.33. The summed E-state index contributed by atoms with van der Waals surface area (Å²) in [4.78, 5) is 2.52. The first-order chi connectivity index (χ1) is 12.9. The molecule has 2 aromatic carbocycles. The SMILES string of the molecule is CC1(C)OB(c2ccccc2CN2CCCCc3ccccc32)OC1(C)C. The summed E-state index contributed by atoms with van der Waals surface area (Å²) in [5, 5.41) is 0. The Balaban J connectivity index is 1.63. The molecule has 4 heteroatoms. The second kappa shape index (κ2) is 6.99. The first-order valence-corrected chi connectivity index (χ1v) is 10.1. The molecule has 0 aliphatic carbocycles. The molecule has 27 heavy (non-hydrogen) atoms. The second-order valence-corrected chi connectivity index (χ2v) is 8.79. The van der Waals surface area contributed by atoms with Crippen LogP contribution in [0, 0.1) is 0 Å². The molecule has 0 radical (unpaired) electrons. The molecule has 0 bridgehead atoms. The van der Waals surface area contributed by atoms with Crippen molar-refractivity contribution in [1.82, 2.24) is 0 Å². The first kappa shape index (κ1) is 18.6. The summed E-state index contributed by atoms with van der Waals surface area (Å²) in [5.74, 6) is 0. The van der Waals surface area contributed by atoms with E-state index in [-0.39, 0.29) is 18.3 Å². The number of benzene rings is 2. The van der Waals surface area contributed by atoms with E-state index in [4.69, 9.17) is 9.31 Å². The normalized spacial score (nSPS) is 21.0. The predicted octanol–water partition coefficient (Wildman–Crippen LogP) is 4.33. The molecular formula is C23H30BNO2. The fourth-order valence-electron chi connectivity index (χ4n) is 4.02. The van der Waals surface area contributed by atoms with Gasteiger partial charge in [-0.3, -0.25) is 0 Å². The van der Waals surface area contributed by atoms with E-state index in [0.717, 1.165) is 18.6 Å². The number of rotatable bonds is 3. The zero-order valence-corrected chi connectivity index (χ0v) is 17.0. The Labute approximate surface area is 163 Å². The summed E-state index contributed by atoms with van der Waals surface area (Å²) in [6.07, 6.45) is 3.66. The van der Waals surface area contributed by atoms with Crippen molar-refractivity contribution in [2.75, 3.05) is 11.4 Å². The van der Waals surface area contributed by atoms with Crippen LogP contribution in [-0.2, 0) is 22.3 Å². The minimum Gasteiger partial charge on any atom is -0.399 e. The third kappa shape index (κ3) is 3.53. The number of hydrogen-bond acceptors (Lipinski definition) is 3. The first-order valence-electron chi connectivity index (χ1n) is 10.1. The van der Waals surface area contributed by atoms with Gasteiger partial charge in [0.05, 0.1) is 11.2 Å². The molecule has 0 amide bonds. The summed E-state index contributed by atoms with van der Waals surface area (Å²) in [7, 11) is -0.312. The Bertz CT molecular complexity index is 802. The predicted molar refractivity (Wildman–Crippen MR) is 113 cm³/mol. The standard InChI is InChI=1S/C23H30BNO2/c1-22(2)23(3,4)27-24(26-22)20-14-7-5-13-19(20)17-25-16-10-9-12-18-11-6-8-15-21(18)25/h5-8,11,13-15H,9-10,12,16-17H2,1-4H3. The van der Waals surface area contributed by atoms with E-state index >= 15 is 0 Å². The highest BCUT2D eigenvalue weighted by Gasteiger charge is 2.52. The van der Waals surface area contributed by atoms with Crippen LogP contribution in [0.3, 0.4) is 0 Å². The third-order valence-electron chi connectivity index (χ3n) is 6.38. The summed E-state index contributed by atoms with van der Waals surface area (Å²) >= 11 is 0. The quantitative estimate of drug-likeness (QED) is 0.758. The van der Waals surface area contributed by atoms with Crippen LogP contribution in [-0.4, -0.2) is 24.9 Å². The van der Waals surface area contributed by atoms with Gasteiger partial charge in [0.2, 0.25) is 0 Å². The van der Waals surface area contributed by atoms with Gasteiger partial charge in [0.25, 0.3) is 0 Å². The van der Waals surface area contributed by atoms with Crippen LogP contribution in [0.25, 0.3) is 0 Å². The molecule has 142 valence electrons. The molecule has 3 nitrogen and oxygen atoms in total. The Morgan fingerprint density at radius 1 is 0.889 bits per heavy atom. The lowest BCUT2D eigenvalue weighted by Crippen LogP contribution is -2.41. The molecule has 0 saturated carbocycles. The van der Waals surface area contributed by atoms with Gasteiger partial charge in [-0.05, 0) is 69.6 Å². The average molecular weight is 363 g/mol. The van der Waals surface area contributed by atoms with Crippen molar-refractivity contribution >= 4 is 18.3 Å². The van der Waals surface area contributed by atoms with E-state index < -0.39 is 0 Å². The molecule has 0 atom stereocenters. The molecule has 2 aliphatic heterocycles. The van der Waals surface area contributed by atoms with E-state index in [0.29, 0.717) is 0 Å². The molecule has 2 aliphatic rings. The van der Waals surface area contributed by atoms with Gasteiger partial charge in [0.1, 0.15) is 0 Å². The van der Waals surface area contributed by atoms with Gasteiger partial charge >= 0.3 is 7.12 Å². The Morgan fingerprint density at radius 2 is 1.56 bits per heavy atom. The van der Waals surface area contributed by atoms with Gasteiger partial charge < -0.3 is 14.2 Å². The number of aryl methyl sites for hydroxylation is 1. The highest BCUT2D eigenvalue weighted by Crippen LogP contribution is 2.37. The Morgan fingerprint density at radius 3 is 2.33 bits per heavy atom. The van der Waals surface area contributed by atoms with Crippen molar-refractivity contribution in [3.05, 3.63) is 59.7 Å². The van der Waals surface area contributed by atoms with Crippen LogP contribution >= 0.6 is 0 Å². The van der Waals surface area contributed by atoms with E-state index in [9.17, 15) is 0 Å². The zero-order chi connectivity index (χ0) is 19.1. The summed E-state index contributed by atoms with van der Waals surface area (Å²) in [6.45, 7) is 10.4. The number of para-hydroxylation sites is 1. The van der Waals surface area contributed by atoms with E-state index in [1.165, 1.54) is 36.1 Å². The van der Waals surface area contributed by atoms with Crippen LogP contribution in [0.5, 0.6) is 0 Å². The molecule has 0 N–H and O–H groups in total. The zero-order valence-electron chi connectivity index (χ0n) is 17.0. The fraction of sp³-hybridized carbons (Fsp3) is 0.478. The molecule has 1 saturated heterocycles. The largest absolute Gasteiger partial charge is 0.495 e. The molecule has 2 aromatic rings. The van der Waals surface area contributed by atoms with Gasteiger partial charge in [0.15, 0.2) is 0 Å². The smallest absolute Gasteiger partial charge is 0.399 e. The maximum atomic E-state index is 6.33. The summed E-state index contributed by atoms with van der Waals surface area (Å²) in [5.41, 5.74) is 4.63.